The molecule has 4 fully saturated rings. The van der Waals surface area contributed by atoms with Crippen LogP contribution < -0.4 is 0 Å². The van der Waals surface area contributed by atoms with E-state index in [4.69, 9.17) is 6.58 Å². The number of aromatic nitrogens is 1. The molecule has 0 unspecified atom stereocenters. The number of fused-ring (bicyclic) bond motifs is 1. The maximum atomic E-state index is 11.2. The van der Waals surface area contributed by atoms with Gasteiger partial charge < -0.3 is 15.2 Å². The van der Waals surface area contributed by atoms with Gasteiger partial charge in [0.2, 0.25) is 0 Å². The van der Waals surface area contributed by atoms with Crippen LogP contribution in [0.5, 0.6) is 0 Å². The van der Waals surface area contributed by atoms with Crippen LogP contribution in [0.1, 0.15) is 77.7 Å². The van der Waals surface area contributed by atoms with Crippen molar-refractivity contribution in [3.63, 3.8) is 0 Å². The average molecular weight is 540 g/mol. The fraction of sp³-hybridized carbons (Fsp3) is 0.676. The molecule has 0 saturated heterocycles. The highest BCUT2D eigenvalue weighted by Gasteiger charge is 2.86. The molecule has 10 atom stereocenters. The van der Waals surface area contributed by atoms with Gasteiger partial charge >= 0.3 is 0 Å². The zero-order valence-electron chi connectivity index (χ0n) is 24.9. The zero-order valence-corrected chi connectivity index (χ0v) is 24.9. The second kappa shape index (κ2) is 7.95. The van der Waals surface area contributed by atoms with Crippen molar-refractivity contribution in [2.45, 2.75) is 78.6 Å². The quantitative estimate of drug-likeness (QED) is 0.330. The van der Waals surface area contributed by atoms with E-state index in [2.05, 4.69) is 68.4 Å². The molecule has 7 aliphatic rings. The minimum absolute atomic E-state index is 0.0783. The number of hydrogen-bond donors (Lipinski definition) is 3. The molecule has 0 aromatic carbocycles. The van der Waals surface area contributed by atoms with E-state index in [0.29, 0.717) is 36.2 Å². The van der Waals surface area contributed by atoms with Crippen LogP contribution >= 0.6 is 0 Å². The predicted octanol–water partition coefficient (Wildman–Crippen LogP) is 7.41. The van der Waals surface area contributed by atoms with Crippen LogP contribution in [0.4, 0.5) is 0 Å². The Kier molecular flexibility index (Phi) is 5.14. The lowest BCUT2D eigenvalue weighted by Crippen LogP contribution is -2.65. The second-order valence-corrected chi connectivity index (χ2v) is 16.2. The van der Waals surface area contributed by atoms with Gasteiger partial charge in [0.15, 0.2) is 0 Å². The summed E-state index contributed by atoms with van der Waals surface area (Å²) in [5, 5.41) is 21.6. The summed E-state index contributed by atoms with van der Waals surface area (Å²) in [5.74, 6) is 2.50. The van der Waals surface area contributed by atoms with Gasteiger partial charge in [-0.05, 0) is 109 Å². The summed E-state index contributed by atoms with van der Waals surface area (Å²) < 4.78 is 0. The topological polar surface area (TPSA) is 56.2 Å². The van der Waals surface area contributed by atoms with Crippen LogP contribution in [0.15, 0.2) is 66.6 Å². The monoisotopic (exact) mass is 539 g/mol. The summed E-state index contributed by atoms with van der Waals surface area (Å²) in [6.45, 7) is 13.0. The van der Waals surface area contributed by atoms with Gasteiger partial charge in [-0.25, -0.2) is 0 Å². The summed E-state index contributed by atoms with van der Waals surface area (Å²) in [5.41, 5.74) is 5.09. The minimum Gasteiger partial charge on any atom is -0.396 e. The molecule has 8 rings (SSSR count). The fourth-order valence-corrected chi connectivity index (χ4v) is 13.6. The fourth-order valence-electron chi connectivity index (χ4n) is 13.6. The van der Waals surface area contributed by atoms with Gasteiger partial charge in [0.05, 0.1) is 6.61 Å². The number of rotatable bonds is 6. The molecule has 3 N–H and O–H groups in total. The van der Waals surface area contributed by atoms with Crippen LogP contribution in [0, 0.1) is 62.1 Å². The maximum absolute atomic E-state index is 11.2. The first kappa shape index (κ1) is 25.8. The lowest BCUT2D eigenvalue weighted by Gasteiger charge is -2.71. The van der Waals surface area contributed by atoms with Crippen molar-refractivity contribution in [1.82, 2.24) is 4.98 Å². The molecular weight excluding hydrogens is 490 g/mol. The standard InChI is InChI=1S/C37H49NO2/c1-24-16-29-33(4)31-28(8-14-37(33)30(24)32(37,2)3)7-13-35(23-40)10-5-11-36(31,35)22-34(29)12-6-25(19-34)17-27(21-39)18-26-9-15-38-20-26/h7-9,13-16,20,25,27-28,30-31,38-40H,1,5-6,10-12,17-19,21-23H2,2-4H3/t25-,27-,28+,30-,31+,33-,34+,35+,36-,37-/m0/s1. The Labute approximate surface area is 240 Å². The molecule has 4 saturated carbocycles. The Morgan fingerprint density at radius 2 is 1.93 bits per heavy atom. The number of nitrogens with one attached hydrogen (secondary N) is 1. The molecule has 1 aromatic rings. The molecule has 3 heteroatoms. The van der Waals surface area contributed by atoms with Gasteiger partial charge in [0.1, 0.15) is 0 Å². The number of aliphatic hydroxyl groups excluding tert-OH is 2. The Balaban J connectivity index is 1.25. The van der Waals surface area contributed by atoms with E-state index >= 15 is 0 Å². The van der Waals surface area contributed by atoms with Crippen LogP contribution in [-0.4, -0.2) is 28.4 Å². The Morgan fingerprint density at radius 1 is 1.10 bits per heavy atom. The summed E-state index contributed by atoms with van der Waals surface area (Å²) in [4.78, 5) is 3.19. The third kappa shape index (κ3) is 2.72. The molecule has 0 bridgehead atoms. The van der Waals surface area contributed by atoms with Crippen LogP contribution in [-0.2, 0) is 6.42 Å². The van der Waals surface area contributed by atoms with Gasteiger partial charge in [0.25, 0.3) is 0 Å². The molecule has 1 heterocycles. The highest BCUT2D eigenvalue weighted by Crippen LogP contribution is 2.91. The van der Waals surface area contributed by atoms with E-state index in [0.717, 1.165) is 19.3 Å². The van der Waals surface area contributed by atoms with E-state index in [1.54, 1.807) is 5.57 Å². The molecule has 3 nitrogen and oxygen atoms in total. The molecule has 40 heavy (non-hydrogen) atoms. The molecule has 7 aliphatic carbocycles. The summed E-state index contributed by atoms with van der Waals surface area (Å²) in [7, 11) is 0. The van der Waals surface area contributed by atoms with Crippen molar-refractivity contribution in [2.24, 2.45) is 62.1 Å². The first-order chi connectivity index (χ1) is 19.1. The van der Waals surface area contributed by atoms with Gasteiger partial charge in [-0.3, -0.25) is 0 Å². The predicted molar refractivity (Wildman–Crippen MR) is 160 cm³/mol. The molecular formula is C37H49NO2. The zero-order chi connectivity index (χ0) is 27.8. The van der Waals surface area contributed by atoms with Gasteiger partial charge in [-0.1, -0.05) is 75.3 Å². The first-order valence-electron chi connectivity index (χ1n) is 16.3. The molecule has 214 valence electrons. The van der Waals surface area contributed by atoms with Crippen molar-refractivity contribution in [2.75, 3.05) is 13.2 Å². The Morgan fingerprint density at radius 3 is 2.67 bits per heavy atom. The van der Waals surface area contributed by atoms with Gasteiger partial charge in [0, 0.05) is 35.2 Å². The van der Waals surface area contributed by atoms with Crippen LogP contribution in [0.2, 0.25) is 0 Å². The van der Waals surface area contributed by atoms with Crippen molar-refractivity contribution in [3.05, 3.63) is 72.1 Å². The van der Waals surface area contributed by atoms with E-state index in [1.807, 2.05) is 6.20 Å². The molecule has 3 spiro atoms. The van der Waals surface area contributed by atoms with E-state index in [-0.39, 0.29) is 39.1 Å². The molecule has 0 amide bonds. The number of H-pyrrole nitrogens is 1. The SMILES string of the molecule is C=C1C=C2[C@@]3(CC[C@@H](C[C@H](CO)Cc4cc[nH]c4)C3)C[C@]34CCC[C@]3(CO)C=C[C@@H]3C=C[C@@]5([C@@H]1C5(C)C)[C@]2(C)[C@@H]34. The number of aliphatic hydroxyl groups is 2. The number of allylic oxidation sites excluding steroid dienone is 6. The number of hydrogen-bond acceptors (Lipinski definition) is 2. The van der Waals surface area contributed by atoms with Gasteiger partial charge in [-0.2, -0.15) is 0 Å². The summed E-state index contributed by atoms with van der Waals surface area (Å²) in [6, 6.07) is 2.16. The summed E-state index contributed by atoms with van der Waals surface area (Å²) in [6.07, 6.45) is 27.6. The lowest BCUT2D eigenvalue weighted by molar-refractivity contribution is -0.152. The Bertz CT molecular complexity index is 1330. The van der Waals surface area contributed by atoms with Crippen LogP contribution in [0.25, 0.3) is 0 Å². The van der Waals surface area contributed by atoms with E-state index in [1.165, 1.54) is 49.7 Å². The third-order valence-electron chi connectivity index (χ3n) is 14.7. The van der Waals surface area contributed by atoms with Crippen molar-refractivity contribution in [3.8, 4) is 0 Å². The summed E-state index contributed by atoms with van der Waals surface area (Å²) >= 11 is 0. The van der Waals surface area contributed by atoms with E-state index < -0.39 is 0 Å². The maximum Gasteiger partial charge on any atom is 0.0527 e. The average Bonchev–Trinajstić information content (AvgIpc) is 3.46. The third-order valence-corrected chi connectivity index (χ3v) is 14.7. The van der Waals surface area contributed by atoms with Gasteiger partial charge in [-0.15, -0.1) is 0 Å². The highest BCUT2D eigenvalue weighted by molar-refractivity contribution is 5.58. The molecule has 0 radical (unpaired) electrons. The normalized spacial score (nSPS) is 49.4. The van der Waals surface area contributed by atoms with Crippen LogP contribution in [0.3, 0.4) is 0 Å². The lowest BCUT2D eigenvalue weighted by atomic mass is 9.32. The van der Waals surface area contributed by atoms with Crippen molar-refractivity contribution < 1.29 is 10.2 Å². The first-order valence-corrected chi connectivity index (χ1v) is 16.3. The molecule has 1 aromatic heterocycles. The number of aromatic amines is 1. The van der Waals surface area contributed by atoms with E-state index in [9.17, 15) is 10.2 Å². The smallest absolute Gasteiger partial charge is 0.0527 e. The minimum atomic E-state index is -0.0783. The molecule has 0 aliphatic heterocycles. The second-order valence-electron chi connectivity index (χ2n) is 16.2. The largest absolute Gasteiger partial charge is 0.396 e. The highest BCUT2D eigenvalue weighted by atomic mass is 16.3. The van der Waals surface area contributed by atoms with Crippen molar-refractivity contribution in [1.29, 1.82) is 0 Å². The Hall–Kier alpha value is -1.84. The van der Waals surface area contributed by atoms with Crippen molar-refractivity contribution >= 4 is 0 Å².